The molecule has 0 aliphatic heterocycles. The summed E-state index contributed by atoms with van der Waals surface area (Å²) in [4.78, 5) is 16.4. The Kier molecular flexibility index (Phi) is 10.1. The SMILES string of the molecule is c1ccc(-c2cccc(-c3nc(-c4cccc(-c5ccccc5)c4)nc(-c4cccc5c4-c4ccc(-c6ccccc6)cc4C54c5cc(-c6ccccc6)ccc5-c5ccc(-c6ccccc6)cc54)n3)c2)cc1. The van der Waals surface area contributed by atoms with E-state index in [4.69, 9.17) is 15.0 Å². The number of hydrogen-bond acceptors (Lipinski definition) is 3. The van der Waals surface area contributed by atoms with Crippen molar-refractivity contribution >= 4 is 0 Å². The van der Waals surface area contributed by atoms with Crippen molar-refractivity contribution < 1.29 is 0 Å². The molecule has 3 heteroatoms. The number of rotatable bonds is 8. The lowest BCUT2D eigenvalue weighted by Crippen LogP contribution is -2.26. The summed E-state index contributed by atoms with van der Waals surface area (Å²) in [7, 11) is 0. The van der Waals surface area contributed by atoms with Crippen LogP contribution in [0, 0.1) is 0 Å². The first-order valence-electron chi connectivity index (χ1n) is 25.0. The average Bonchev–Trinajstić information content (AvgIpc) is 4.06. The maximum atomic E-state index is 5.52. The molecule has 2 aliphatic rings. The summed E-state index contributed by atoms with van der Waals surface area (Å²) in [5.41, 5.74) is 23.4. The molecule has 0 N–H and O–H groups in total. The molecule has 0 saturated carbocycles. The molecule has 1 heterocycles. The Morgan fingerprint density at radius 2 is 0.507 bits per heavy atom. The fourth-order valence-corrected chi connectivity index (χ4v) is 11.6. The van der Waals surface area contributed by atoms with Gasteiger partial charge in [-0.25, -0.2) is 15.0 Å². The quantitative estimate of drug-likeness (QED) is 0.152. The molecule has 1 spiro atoms. The van der Waals surface area contributed by atoms with Gasteiger partial charge in [-0.3, -0.25) is 0 Å². The molecule has 0 fully saturated rings. The zero-order chi connectivity index (χ0) is 48.3. The lowest BCUT2D eigenvalue weighted by atomic mass is 9.69. The summed E-state index contributed by atoms with van der Waals surface area (Å²) < 4.78 is 0. The van der Waals surface area contributed by atoms with Gasteiger partial charge in [-0.2, -0.15) is 0 Å². The van der Waals surface area contributed by atoms with E-state index in [2.05, 4.69) is 273 Å². The van der Waals surface area contributed by atoms with Crippen LogP contribution < -0.4 is 0 Å². The summed E-state index contributed by atoms with van der Waals surface area (Å²) in [6.45, 7) is 0. The van der Waals surface area contributed by atoms with Gasteiger partial charge in [0.2, 0.25) is 0 Å². The molecular weight excluding hydrogens is 883 g/mol. The lowest BCUT2D eigenvalue weighted by Gasteiger charge is -2.31. The van der Waals surface area contributed by atoms with Crippen LogP contribution in [0.3, 0.4) is 0 Å². The van der Waals surface area contributed by atoms with Crippen molar-refractivity contribution in [1.29, 1.82) is 0 Å². The first-order valence-corrected chi connectivity index (χ1v) is 25.0. The molecule has 3 nitrogen and oxygen atoms in total. The van der Waals surface area contributed by atoms with Gasteiger partial charge in [0, 0.05) is 16.7 Å². The number of benzene rings is 11. The topological polar surface area (TPSA) is 38.7 Å². The van der Waals surface area contributed by atoms with E-state index in [1.165, 1.54) is 72.3 Å². The van der Waals surface area contributed by atoms with E-state index in [1.54, 1.807) is 0 Å². The number of hydrogen-bond donors (Lipinski definition) is 0. The predicted octanol–water partition coefficient (Wildman–Crippen LogP) is 17.6. The molecular formula is C70H45N3. The highest BCUT2D eigenvalue weighted by atomic mass is 15.0. The minimum absolute atomic E-state index is 0.615. The van der Waals surface area contributed by atoms with Crippen LogP contribution in [-0.4, -0.2) is 15.0 Å². The third-order valence-electron chi connectivity index (χ3n) is 15.0. The molecule has 340 valence electrons. The van der Waals surface area contributed by atoms with Crippen molar-refractivity contribution in [3.8, 4) is 112 Å². The highest BCUT2D eigenvalue weighted by Crippen LogP contribution is 2.65. The second kappa shape index (κ2) is 17.4. The number of aromatic nitrogens is 3. The molecule has 1 aromatic heterocycles. The summed E-state index contributed by atoms with van der Waals surface area (Å²) >= 11 is 0. The minimum Gasteiger partial charge on any atom is -0.208 e. The van der Waals surface area contributed by atoms with E-state index >= 15 is 0 Å². The van der Waals surface area contributed by atoms with E-state index in [0.29, 0.717) is 17.5 Å². The fraction of sp³-hybridized carbons (Fsp3) is 0.0143. The molecule has 2 aliphatic carbocycles. The first-order chi connectivity index (χ1) is 36.2. The third kappa shape index (κ3) is 7.08. The highest BCUT2D eigenvalue weighted by Gasteiger charge is 2.53. The van der Waals surface area contributed by atoms with Crippen LogP contribution >= 0.6 is 0 Å². The predicted molar refractivity (Wildman–Crippen MR) is 300 cm³/mol. The second-order valence-corrected chi connectivity index (χ2v) is 19.1. The first kappa shape index (κ1) is 42.3. The molecule has 0 radical (unpaired) electrons. The molecule has 0 bridgehead atoms. The smallest absolute Gasteiger partial charge is 0.164 e. The van der Waals surface area contributed by atoms with E-state index in [9.17, 15) is 0 Å². The van der Waals surface area contributed by atoms with Gasteiger partial charge in [0.15, 0.2) is 17.5 Å². The van der Waals surface area contributed by atoms with Crippen molar-refractivity contribution in [3.63, 3.8) is 0 Å². The van der Waals surface area contributed by atoms with Crippen LogP contribution in [0.2, 0.25) is 0 Å². The lowest BCUT2D eigenvalue weighted by molar-refractivity contribution is 0.794. The van der Waals surface area contributed by atoms with Crippen LogP contribution in [0.5, 0.6) is 0 Å². The monoisotopic (exact) mass is 927 g/mol. The maximum absolute atomic E-state index is 5.52. The van der Waals surface area contributed by atoms with Gasteiger partial charge in [0.25, 0.3) is 0 Å². The van der Waals surface area contributed by atoms with Crippen molar-refractivity contribution in [1.82, 2.24) is 15.0 Å². The van der Waals surface area contributed by atoms with Crippen molar-refractivity contribution in [2.75, 3.05) is 0 Å². The normalized spacial score (nSPS) is 12.5. The largest absolute Gasteiger partial charge is 0.208 e. The standard InChI is InChI=1S/C70H45N3/c1-6-19-46(20-7-1)51-29-16-31-56(41-51)67-71-68(57-32-17-30-52(42-57)47-21-8-2-9-22-47)73-69(72-67)61-33-18-34-62-66(61)60-40-37-55(50-27-14-5-15-28-50)45-65(60)70(62)63-43-53(48-23-10-3-11-24-48)35-38-58(63)59-39-36-54(44-64(59)70)49-25-12-4-13-26-49/h1-45H. The van der Waals surface area contributed by atoms with Crippen LogP contribution in [0.25, 0.3) is 112 Å². The highest BCUT2D eigenvalue weighted by molar-refractivity contribution is 6.01. The van der Waals surface area contributed by atoms with Gasteiger partial charge in [-0.1, -0.05) is 243 Å². The van der Waals surface area contributed by atoms with Crippen LogP contribution in [0.15, 0.2) is 273 Å². The Bertz CT molecular complexity index is 3870. The molecule has 0 amide bonds. The van der Waals surface area contributed by atoms with Crippen molar-refractivity contribution in [2.24, 2.45) is 0 Å². The van der Waals surface area contributed by atoms with Crippen LogP contribution in [-0.2, 0) is 5.41 Å². The number of nitrogens with zero attached hydrogens (tertiary/aromatic N) is 3. The number of fused-ring (bicyclic) bond motifs is 10. The van der Waals surface area contributed by atoms with Crippen LogP contribution in [0.1, 0.15) is 22.3 Å². The van der Waals surface area contributed by atoms with Crippen molar-refractivity contribution in [3.05, 3.63) is 295 Å². The van der Waals surface area contributed by atoms with E-state index < -0.39 is 5.41 Å². The Hall–Kier alpha value is -9.57. The van der Waals surface area contributed by atoms with Gasteiger partial charge in [0.05, 0.1) is 5.41 Å². The molecule has 73 heavy (non-hydrogen) atoms. The maximum Gasteiger partial charge on any atom is 0.164 e. The molecule has 0 unspecified atom stereocenters. The third-order valence-corrected chi connectivity index (χ3v) is 15.0. The van der Waals surface area contributed by atoms with Crippen LogP contribution in [0.4, 0.5) is 0 Å². The Balaban J connectivity index is 1.06. The van der Waals surface area contributed by atoms with Gasteiger partial charge >= 0.3 is 0 Å². The molecule has 12 aromatic rings. The average molecular weight is 928 g/mol. The van der Waals surface area contributed by atoms with Gasteiger partial charge in [0.1, 0.15) is 0 Å². The molecule has 0 atom stereocenters. The summed E-state index contributed by atoms with van der Waals surface area (Å²) in [6, 6.07) is 98.6. The Labute approximate surface area is 425 Å². The molecule has 0 saturated heterocycles. The summed E-state index contributed by atoms with van der Waals surface area (Å²) in [5, 5.41) is 0. The molecule has 11 aromatic carbocycles. The summed E-state index contributed by atoms with van der Waals surface area (Å²) in [5.74, 6) is 1.85. The van der Waals surface area contributed by atoms with E-state index in [-0.39, 0.29) is 0 Å². The zero-order valence-corrected chi connectivity index (χ0v) is 39.8. The van der Waals surface area contributed by atoms with Gasteiger partial charge in [-0.15, -0.1) is 0 Å². The van der Waals surface area contributed by atoms with Crippen molar-refractivity contribution in [2.45, 2.75) is 5.41 Å². The fourth-order valence-electron chi connectivity index (χ4n) is 11.6. The summed E-state index contributed by atoms with van der Waals surface area (Å²) in [6.07, 6.45) is 0. The van der Waals surface area contributed by atoms with Gasteiger partial charge < -0.3 is 0 Å². The Morgan fingerprint density at radius 1 is 0.192 bits per heavy atom. The van der Waals surface area contributed by atoms with Gasteiger partial charge in [-0.05, 0) is 130 Å². The van der Waals surface area contributed by atoms with E-state index in [1.807, 2.05) is 0 Å². The molecule has 14 rings (SSSR count). The van der Waals surface area contributed by atoms with E-state index in [0.717, 1.165) is 44.5 Å². The second-order valence-electron chi connectivity index (χ2n) is 19.1. The minimum atomic E-state index is -0.696. The Morgan fingerprint density at radius 3 is 0.918 bits per heavy atom. The zero-order valence-electron chi connectivity index (χ0n) is 39.8.